The molecule has 2 aliphatic rings. The molecule has 0 spiro atoms. The highest BCUT2D eigenvalue weighted by atomic mass is 16.2. The van der Waals surface area contributed by atoms with E-state index in [1.54, 1.807) is 29.2 Å². The molecule has 6 heterocycles. The molecule has 27 heavy (non-hydrogen) atoms. The fourth-order valence-electron chi connectivity index (χ4n) is 4.63. The molecule has 2 aliphatic heterocycles. The van der Waals surface area contributed by atoms with Crippen LogP contribution in [0.2, 0.25) is 0 Å². The molecule has 1 amide bonds. The number of nitrogens with zero attached hydrogens (tertiary/aromatic N) is 7. The number of rotatable bonds is 1. The molecule has 4 aromatic heterocycles. The largest absolute Gasteiger partial charge is 0.328 e. The first-order valence-corrected chi connectivity index (χ1v) is 9.16. The van der Waals surface area contributed by atoms with Crippen molar-refractivity contribution in [2.45, 2.75) is 38.3 Å². The van der Waals surface area contributed by atoms with E-state index < -0.39 is 0 Å². The minimum Gasteiger partial charge on any atom is -0.328 e. The van der Waals surface area contributed by atoms with Crippen molar-refractivity contribution in [3.8, 4) is 0 Å². The van der Waals surface area contributed by atoms with E-state index in [1.807, 2.05) is 28.6 Å². The smallest absolute Gasteiger partial charge is 0.260 e. The van der Waals surface area contributed by atoms with E-state index in [9.17, 15) is 4.79 Å². The van der Waals surface area contributed by atoms with Gasteiger partial charge in [-0.05, 0) is 25.8 Å². The third-order valence-corrected chi connectivity index (χ3v) is 5.77. The van der Waals surface area contributed by atoms with Gasteiger partial charge in [-0.1, -0.05) is 0 Å². The Bertz CT molecular complexity index is 1220. The second kappa shape index (κ2) is 5.12. The van der Waals surface area contributed by atoms with Gasteiger partial charge in [0.15, 0.2) is 11.3 Å². The Labute approximate surface area is 154 Å². The SMILES string of the molecule is Cc1cc2ncc3c(n2n1)C[C@H]1CC[C@@H]3N1C(=O)c1cnn2cccnc12. The predicted molar refractivity (Wildman–Crippen MR) is 96.3 cm³/mol. The molecule has 8 heteroatoms. The normalized spacial score (nSPS) is 21.1. The van der Waals surface area contributed by atoms with Gasteiger partial charge in [-0.15, -0.1) is 0 Å². The highest BCUT2D eigenvalue weighted by molar-refractivity contribution is 6.00. The molecule has 0 aromatic carbocycles. The summed E-state index contributed by atoms with van der Waals surface area (Å²) in [7, 11) is 0. The van der Waals surface area contributed by atoms with E-state index in [0.29, 0.717) is 11.2 Å². The average Bonchev–Trinajstić information content (AvgIpc) is 3.35. The molecule has 0 saturated carbocycles. The van der Waals surface area contributed by atoms with Gasteiger partial charge < -0.3 is 4.90 Å². The summed E-state index contributed by atoms with van der Waals surface area (Å²) >= 11 is 0. The summed E-state index contributed by atoms with van der Waals surface area (Å²) in [5, 5.41) is 8.88. The lowest BCUT2D eigenvalue weighted by Gasteiger charge is -2.36. The van der Waals surface area contributed by atoms with Crippen LogP contribution in [0.1, 0.15) is 46.2 Å². The molecule has 0 aliphatic carbocycles. The lowest BCUT2D eigenvalue weighted by molar-refractivity contribution is 0.0644. The van der Waals surface area contributed by atoms with E-state index in [1.165, 1.54) is 5.69 Å². The monoisotopic (exact) mass is 359 g/mol. The zero-order valence-electron chi connectivity index (χ0n) is 14.8. The van der Waals surface area contributed by atoms with Crippen molar-refractivity contribution >= 4 is 17.2 Å². The maximum Gasteiger partial charge on any atom is 0.260 e. The molecule has 6 rings (SSSR count). The number of amides is 1. The highest BCUT2D eigenvalue weighted by Gasteiger charge is 2.44. The number of fused-ring (bicyclic) bond motifs is 7. The van der Waals surface area contributed by atoms with Gasteiger partial charge in [0.1, 0.15) is 5.56 Å². The van der Waals surface area contributed by atoms with Crippen LogP contribution in [0.4, 0.5) is 0 Å². The molecular formula is C19H17N7O. The van der Waals surface area contributed by atoms with Crippen molar-refractivity contribution < 1.29 is 4.79 Å². The number of aryl methyl sites for hydroxylation is 1. The summed E-state index contributed by atoms with van der Waals surface area (Å²) in [6.07, 6.45) is 9.77. The van der Waals surface area contributed by atoms with Crippen LogP contribution in [-0.4, -0.2) is 46.0 Å². The maximum absolute atomic E-state index is 13.4. The van der Waals surface area contributed by atoms with Crippen molar-refractivity contribution in [1.82, 2.24) is 34.1 Å². The minimum atomic E-state index is -0.00130. The Morgan fingerprint density at radius 1 is 1.22 bits per heavy atom. The van der Waals surface area contributed by atoms with Gasteiger partial charge >= 0.3 is 0 Å². The first kappa shape index (κ1) is 14.8. The predicted octanol–water partition coefficient (Wildman–Crippen LogP) is 1.98. The second-order valence-electron chi connectivity index (χ2n) is 7.33. The third kappa shape index (κ3) is 1.95. The third-order valence-electron chi connectivity index (χ3n) is 5.77. The van der Waals surface area contributed by atoms with Crippen LogP contribution in [0.15, 0.2) is 36.9 Å². The molecule has 1 fully saturated rings. The van der Waals surface area contributed by atoms with Gasteiger partial charge in [0, 0.05) is 42.7 Å². The minimum absolute atomic E-state index is 0.00130. The number of hydrogen-bond acceptors (Lipinski definition) is 5. The van der Waals surface area contributed by atoms with Crippen LogP contribution in [0.25, 0.3) is 11.3 Å². The van der Waals surface area contributed by atoms with Crippen molar-refractivity contribution in [1.29, 1.82) is 0 Å². The average molecular weight is 359 g/mol. The quantitative estimate of drug-likeness (QED) is 0.519. The zero-order valence-corrected chi connectivity index (χ0v) is 14.8. The Hall–Kier alpha value is -3.29. The van der Waals surface area contributed by atoms with Crippen molar-refractivity contribution in [2.24, 2.45) is 0 Å². The molecule has 2 atom stereocenters. The summed E-state index contributed by atoms with van der Waals surface area (Å²) in [4.78, 5) is 24.3. The lowest BCUT2D eigenvalue weighted by Crippen LogP contribution is -2.42. The van der Waals surface area contributed by atoms with Gasteiger partial charge in [0.2, 0.25) is 0 Å². The molecule has 4 aromatic rings. The van der Waals surface area contributed by atoms with Gasteiger partial charge in [-0.3, -0.25) is 4.79 Å². The number of aromatic nitrogens is 6. The second-order valence-corrected chi connectivity index (χ2v) is 7.33. The maximum atomic E-state index is 13.4. The van der Waals surface area contributed by atoms with E-state index in [-0.39, 0.29) is 18.0 Å². The Kier molecular flexibility index (Phi) is 2.81. The van der Waals surface area contributed by atoms with E-state index in [0.717, 1.165) is 36.2 Å². The van der Waals surface area contributed by atoms with Crippen LogP contribution < -0.4 is 0 Å². The van der Waals surface area contributed by atoms with Crippen molar-refractivity contribution in [3.63, 3.8) is 0 Å². The van der Waals surface area contributed by atoms with Crippen molar-refractivity contribution in [3.05, 3.63) is 59.4 Å². The molecule has 2 bridgehead atoms. The van der Waals surface area contributed by atoms with Gasteiger partial charge in [-0.2, -0.15) is 10.2 Å². The van der Waals surface area contributed by atoms with Gasteiger partial charge in [-0.25, -0.2) is 19.0 Å². The molecule has 0 unspecified atom stereocenters. The van der Waals surface area contributed by atoms with Gasteiger partial charge in [0.25, 0.3) is 5.91 Å². The Balaban J connectivity index is 1.46. The summed E-state index contributed by atoms with van der Waals surface area (Å²) < 4.78 is 3.60. The zero-order chi connectivity index (χ0) is 18.1. The van der Waals surface area contributed by atoms with Crippen LogP contribution in [0, 0.1) is 6.92 Å². The molecule has 0 radical (unpaired) electrons. The van der Waals surface area contributed by atoms with E-state index in [2.05, 4.69) is 20.2 Å². The van der Waals surface area contributed by atoms with Crippen molar-refractivity contribution in [2.75, 3.05) is 0 Å². The topological polar surface area (TPSA) is 80.7 Å². The number of carbonyl (C=O) groups is 1. The van der Waals surface area contributed by atoms with Crippen LogP contribution in [0.3, 0.4) is 0 Å². The lowest BCUT2D eigenvalue weighted by atomic mass is 9.98. The molecule has 0 N–H and O–H groups in total. The first-order chi connectivity index (χ1) is 13.2. The molecular weight excluding hydrogens is 342 g/mol. The fourth-order valence-corrected chi connectivity index (χ4v) is 4.63. The van der Waals surface area contributed by atoms with E-state index in [4.69, 9.17) is 0 Å². The van der Waals surface area contributed by atoms with Crippen LogP contribution in [0.5, 0.6) is 0 Å². The molecule has 1 saturated heterocycles. The Morgan fingerprint density at radius 2 is 2.15 bits per heavy atom. The first-order valence-electron chi connectivity index (χ1n) is 9.16. The highest BCUT2D eigenvalue weighted by Crippen LogP contribution is 2.44. The molecule has 8 nitrogen and oxygen atoms in total. The Morgan fingerprint density at radius 3 is 3.07 bits per heavy atom. The summed E-state index contributed by atoms with van der Waals surface area (Å²) in [5.74, 6) is -0.00130. The van der Waals surface area contributed by atoms with Crippen LogP contribution >= 0.6 is 0 Å². The fraction of sp³-hybridized carbons (Fsp3) is 0.316. The number of hydrogen-bond donors (Lipinski definition) is 0. The summed E-state index contributed by atoms with van der Waals surface area (Å²) in [6.45, 7) is 1.98. The van der Waals surface area contributed by atoms with E-state index >= 15 is 0 Å². The number of carbonyl (C=O) groups excluding carboxylic acids is 1. The standard InChI is InChI=1S/C19H17N7O/c1-11-7-17-21-9-13-15-4-3-12(8-16(13)26(17)23-11)25(15)19(27)14-10-22-24-6-2-5-20-18(14)24/h2,5-7,9-10,12,15H,3-4,8H2,1H3/t12-,15+/m1/s1. The summed E-state index contributed by atoms with van der Waals surface area (Å²) in [6, 6.07) is 4.00. The summed E-state index contributed by atoms with van der Waals surface area (Å²) in [5.41, 5.74) is 5.28. The van der Waals surface area contributed by atoms with Gasteiger partial charge in [0.05, 0.1) is 23.6 Å². The van der Waals surface area contributed by atoms with Crippen LogP contribution in [-0.2, 0) is 6.42 Å². The molecule has 134 valence electrons.